The van der Waals surface area contributed by atoms with Crippen LogP contribution >= 0.6 is 0 Å². The molecule has 78 valence electrons. The van der Waals surface area contributed by atoms with Gasteiger partial charge in [-0.05, 0) is 0 Å². The van der Waals surface area contributed by atoms with E-state index in [2.05, 4.69) is 9.97 Å². The lowest BCUT2D eigenvalue weighted by Crippen LogP contribution is -2.10. The molecule has 0 spiro atoms. The van der Waals surface area contributed by atoms with Gasteiger partial charge in [0, 0.05) is 0 Å². The number of aliphatic hydroxyl groups is 1. The summed E-state index contributed by atoms with van der Waals surface area (Å²) in [4.78, 5) is 18.4. The van der Waals surface area contributed by atoms with E-state index in [9.17, 15) is 4.79 Å². The van der Waals surface area contributed by atoms with Crippen molar-refractivity contribution in [2.24, 2.45) is 5.73 Å². The number of nitrogens with zero attached hydrogens (tertiary/aromatic N) is 2. The normalized spacial score (nSPS) is 10.5. The molecular formula is C8H7N3O4. The van der Waals surface area contributed by atoms with Crippen molar-refractivity contribution in [1.82, 2.24) is 9.97 Å². The third kappa shape index (κ3) is 1.72. The second kappa shape index (κ2) is 3.54. The van der Waals surface area contributed by atoms with Gasteiger partial charge in [0.05, 0.1) is 0 Å². The molecule has 1 amide bonds. The van der Waals surface area contributed by atoms with Crippen LogP contribution in [-0.4, -0.2) is 21.0 Å². The van der Waals surface area contributed by atoms with Crippen molar-refractivity contribution in [2.75, 3.05) is 0 Å². The van der Waals surface area contributed by atoms with Crippen molar-refractivity contribution < 1.29 is 18.7 Å². The molecule has 0 atom stereocenters. The van der Waals surface area contributed by atoms with Crippen molar-refractivity contribution >= 4 is 5.91 Å². The van der Waals surface area contributed by atoms with Crippen LogP contribution in [0.25, 0.3) is 11.6 Å². The first kappa shape index (κ1) is 9.41. The van der Waals surface area contributed by atoms with Gasteiger partial charge in [0.2, 0.25) is 11.8 Å². The number of carbonyl (C=O) groups is 1. The van der Waals surface area contributed by atoms with E-state index in [-0.39, 0.29) is 24.1 Å². The van der Waals surface area contributed by atoms with Crippen LogP contribution in [0.3, 0.4) is 0 Å². The van der Waals surface area contributed by atoms with E-state index in [1.54, 1.807) is 0 Å². The predicted octanol–water partition coefficient (Wildman–Crippen LogP) is -0.0792. The van der Waals surface area contributed by atoms with Crippen molar-refractivity contribution in [1.29, 1.82) is 0 Å². The molecule has 0 unspecified atom stereocenters. The summed E-state index contributed by atoms with van der Waals surface area (Å²) in [5.74, 6) is -0.424. The molecule has 15 heavy (non-hydrogen) atoms. The molecular weight excluding hydrogens is 202 g/mol. The number of nitrogens with two attached hydrogens (primary N) is 1. The van der Waals surface area contributed by atoms with Crippen LogP contribution in [0.15, 0.2) is 21.4 Å². The second-order valence-corrected chi connectivity index (χ2v) is 2.69. The molecule has 0 aliphatic carbocycles. The first-order valence-electron chi connectivity index (χ1n) is 4.01. The first-order valence-corrected chi connectivity index (χ1v) is 4.01. The van der Waals surface area contributed by atoms with Crippen LogP contribution in [0.2, 0.25) is 0 Å². The Hall–Kier alpha value is -2.15. The van der Waals surface area contributed by atoms with Crippen molar-refractivity contribution in [3.63, 3.8) is 0 Å². The zero-order valence-electron chi connectivity index (χ0n) is 7.51. The fourth-order valence-corrected chi connectivity index (χ4v) is 0.986. The minimum absolute atomic E-state index is 0.0125. The van der Waals surface area contributed by atoms with Crippen molar-refractivity contribution in [3.05, 3.63) is 24.1 Å². The average Bonchev–Trinajstić information content (AvgIpc) is 2.86. The number of oxazole rings is 2. The Morgan fingerprint density at radius 3 is 2.73 bits per heavy atom. The number of aromatic nitrogens is 2. The predicted molar refractivity (Wildman–Crippen MR) is 46.4 cm³/mol. The highest BCUT2D eigenvalue weighted by Gasteiger charge is 2.13. The molecule has 2 aromatic heterocycles. The van der Waals surface area contributed by atoms with Gasteiger partial charge in [-0.25, -0.2) is 9.97 Å². The van der Waals surface area contributed by atoms with Crippen LogP contribution < -0.4 is 5.73 Å². The van der Waals surface area contributed by atoms with Crippen LogP contribution in [-0.2, 0) is 6.61 Å². The summed E-state index contributed by atoms with van der Waals surface area (Å²) in [7, 11) is 0. The molecule has 0 saturated heterocycles. The quantitative estimate of drug-likeness (QED) is 0.730. The zero-order chi connectivity index (χ0) is 10.8. The standard InChI is InChI=1S/C8H7N3O4/c9-7(13)4-2-15-8(11-4)5-3-14-6(1-12)10-5/h2-3,12H,1H2,(H2,9,13). The van der Waals surface area contributed by atoms with Crippen LogP contribution in [0, 0.1) is 0 Å². The lowest BCUT2D eigenvalue weighted by molar-refractivity contribution is 0.0995. The molecule has 0 saturated carbocycles. The molecule has 0 aliphatic heterocycles. The fourth-order valence-electron chi connectivity index (χ4n) is 0.986. The Bertz CT molecular complexity index is 488. The minimum Gasteiger partial charge on any atom is -0.446 e. The number of aliphatic hydroxyl groups excluding tert-OH is 1. The number of primary amides is 1. The lowest BCUT2D eigenvalue weighted by Gasteiger charge is -1.83. The summed E-state index contributed by atoms with van der Waals surface area (Å²) in [5, 5.41) is 8.71. The molecule has 0 fully saturated rings. The van der Waals surface area contributed by atoms with Gasteiger partial charge in [-0.15, -0.1) is 0 Å². The summed E-state index contributed by atoms with van der Waals surface area (Å²) < 4.78 is 9.81. The molecule has 2 aromatic rings. The van der Waals surface area contributed by atoms with E-state index in [1.807, 2.05) is 0 Å². The van der Waals surface area contributed by atoms with Crippen molar-refractivity contribution in [2.45, 2.75) is 6.61 Å². The molecule has 2 rings (SSSR count). The SMILES string of the molecule is NC(=O)c1coc(-c2coc(CO)n2)n1. The van der Waals surface area contributed by atoms with E-state index in [0.29, 0.717) is 5.69 Å². The third-order valence-corrected chi connectivity index (χ3v) is 1.66. The third-order valence-electron chi connectivity index (χ3n) is 1.66. The second-order valence-electron chi connectivity index (χ2n) is 2.69. The molecule has 2 heterocycles. The van der Waals surface area contributed by atoms with Crippen LogP contribution in [0.5, 0.6) is 0 Å². The molecule has 0 aromatic carbocycles. The molecule has 3 N–H and O–H groups in total. The highest BCUT2D eigenvalue weighted by atomic mass is 16.4. The van der Waals surface area contributed by atoms with Crippen molar-refractivity contribution in [3.8, 4) is 11.6 Å². The number of hydrogen-bond acceptors (Lipinski definition) is 6. The van der Waals surface area contributed by atoms with Gasteiger partial charge in [0.25, 0.3) is 5.91 Å². The summed E-state index contributed by atoms with van der Waals surface area (Å²) in [6.07, 6.45) is 2.40. The van der Waals surface area contributed by atoms with E-state index >= 15 is 0 Å². The highest BCUT2D eigenvalue weighted by molar-refractivity contribution is 5.90. The smallest absolute Gasteiger partial charge is 0.270 e. The largest absolute Gasteiger partial charge is 0.446 e. The fraction of sp³-hybridized carbons (Fsp3) is 0.125. The Kier molecular flexibility index (Phi) is 2.22. The Morgan fingerprint density at radius 1 is 1.40 bits per heavy atom. The van der Waals surface area contributed by atoms with Crippen LogP contribution in [0.1, 0.15) is 16.4 Å². The maximum absolute atomic E-state index is 10.7. The number of hydrogen-bond donors (Lipinski definition) is 2. The zero-order valence-corrected chi connectivity index (χ0v) is 7.51. The Labute approximate surface area is 83.5 Å². The number of amides is 1. The van der Waals surface area contributed by atoms with Gasteiger partial charge < -0.3 is 19.7 Å². The van der Waals surface area contributed by atoms with Gasteiger partial charge in [-0.2, -0.15) is 0 Å². The number of carbonyl (C=O) groups excluding carboxylic acids is 1. The molecule has 0 aliphatic rings. The van der Waals surface area contributed by atoms with Gasteiger partial charge >= 0.3 is 0 Å². The lowest BCUT2D eigenvalue weighted by atomic mass is 10.4. The maximum Gasteiger partial charge on any atom is 0.270 e. The van der Waals surface area contributed by atoms with E-state index < -0.39 is 5.91 Å². The monoisotopic (exact) mass is 209 g/mol. The average molecular weight is 209 g/mol. The van der Waals surface area contributed by atoms with Gasteiger partial charge in [0.1, 0.15) is 19.1 Å². The van der Waals surface area contributed by atoms with E-state index in [0.717, 1.165) is 6.26 Å². The topological polar surface area (TPSA) is 115 Å². The molecule has 0 bridgehead atoms. The highest BCUT2D eigenvalue weighted by Crippen LogP contribution is 2.17. The van der Waals surface area contributed by atoms with Gasteiger partial charge in [-0.3, -0.25) is 4.79 Å². The van der Waals surface area contributed by atoms with Crippen LogP contribution in [0.4, 0.5) is 0 Å². The maximum atomic E-state index is 10.7. The summed E-state index contributed by atoms with van der Waals surface area (Å²) >= 11 is 0. The number of rotatable bonds is 3. The summed E-state index contributed by atoms with van der Waals surface area (Å²) in [6, 6.07) is 0. The summed E-state index contributed by atoms with van der Waals surface area (Å²) in [6.45, 7) is -0.316. The first-order chi connectivity index (χ1) is 7.20. The summed E-state index contributed by atoms with van der Waals surface area (Å²) in [5.41, 5.74) is 5.30. The van der Waals surface area contributed by atoms with Gasteiger partial charge in [-0.1, -0.05) is 0 Å². The van der Waals surface area contributed by atoms with E-state index in [1.165, 1.54) is 6.26 Å². The Balaban J connectivity index is 2.32. The molecule has 7 heteroatoms. The van der Waals surface area contributed by atoms with Gasteiger partial charge in [0.15, 0.2) is 11.4 Å². The van der Waals surface area contributed by atoms with E-state index in [4.69, 9.17) is 19.7 Å². The minimum atomic E-state index is -0.684. The molecule has 0 radical (unpaired) electrons. The molecule has 7 nitrogen and oxygen atoms in total. The Morgan fingerprint density at radius 2 is 2.20 bits per heavy atom.